The van der Waals surface area contributed by atoms with Crippen molar-refractivity contribution in [1.82, 2.24) is 10.4 Å². The number of nitrogens with zero attached hydrogens (tertiary/aromatic N) is 2. The van der Waals surface area contributed by atoms with Gasteiger partial charge in [0.1, 0.15) is 5.82 Å². The Balaban J connectivity index is 2.41. The maximum atomic E-state index is 14.9. The summed E-state index contributed by atoms with van der Waals surface area (Å²) in [5.74, 6) is -5.07. The highest BCUT2D eigenvalue weighted by molar-refractivity contribution is 14.1. The van der Waals surface area contributed by atoms with Crippen LogP contribution >= 0.6 is 22.6 Å². The monoisotopic (exact) mass is 580 g/mol. The van der Waals surface area contributed by atoms with E-state index >= 15 is 0 Å². The summed E-state index contributed by atoms with van der Waals surface area (Å²) < 4.78 is 44.4. The molecular weight excluding hydrogens is 560 g/mol. The zero-order valence-corrected chi connectivity index (χ0v) is 19.7. The van der Waals surface area contributed by atoms with Gasteiger partial charge in [-0.3, -0.25) is 14.4 Å². The largest absolute Gasteiger partial charge is 0.394 e. The zero-order chi connectivity index (χ0) is 24.5. The van der Waals surface area contributed by atoms with Crippen molar-refractivity contribution in [1.29, 1.82) is 0 Å². The fourth-order valence-corrected chi connectivity index (χ4v) is 2.75. The number of carbonyl (C=O) groups excluding carboxylic acids is 2. The Morgan fingerprint density at radius 3 is 2.58 bits per heavy atom. The van der Waals surface area contributed by atoms with Crippen molar-refractivity contribution in [3.63, 3.8) is 0 Å². The number of halogens is 4. The quantitative estimate of drug-likeness (QED) is 0.173. The van der Waals surface area contributed by atoms with Crippen molar-refractivity contribution >= 4 is 52.0 Å². The number of hydrogen-bond acceptors (Lipinski definition) is 7. The summed E-state index contributed by atoms with van der Waals surface area (Å²) in [6.45, 7) is -1.11. The number of aliphatic hydroxyl groups excluding tert-OH is 1. The van der Waals surface area contributed by atoms with Crippen LogP contribution in [0.2, 0.25) is 0 Å². The van der Waals surface area contributed by atoms with Crippen molar-refractivity contribution in [2.45, 2.75) is 0 Å². The molecule has 0 radical (unpaired) electrons. The van der Waals surface area contributed by atoms with Crippen LogP contribution in [0, 0.1) is 21.0 Å². The second-order valence-corrected chi connectivity index (χ2v) is 7.81. The highest BCUT2D eigenvalue weighted by Crippen LogP contribution is 2.30. The number of likely N-dealkylation sites (N-methyl/N-ethyl adjacent to an activating group) is 1. The Hall–Kier alpha value is -2.91. The van der Waals surface area contributed by atoms with Gasteiger partial charge in [0.25, 0.3) is 11.8 Å². The predicted octanol–water partition coefficient (Wildman–Crippen LogP) is 2.54. The third kappa shape index (κ3) is 7.30. The number of hydrogen-bond donors (Lipinski definition) is 3. The molecule has 0 aliphatic rings. The van der Waals surface area contributed by atoms with E-state index in [-0.39, 0.29) is 12.3 Å². The summed E-state index contributed by atoms with van der Waals surface area (Å²) in [5.41, 5.74) is 0.183. The van der Waals surface area contributed by atoms with Crippen LogP contribution < -0.4 is 10.8 Å². The normalized spacial score (nSPS) is 10.9. The van der Waals surface area contributed by atoms with Gasteiger partial charge >= 0.3 is 0 Å². The first-order valence-corrected chi connectivity index (χ1v) is 10.4. The lowest BCUT2D eigenvalue weighted by atomic mass is 10.1. The van der Waals surface area contributed by atoms with Gasteiger partial charge in [-0.15, -0.1) is 0 Å². The van der Waals surface area contributed by atoms with E-state index in [1.165, 1.54) is 31.1 Å². The minimum Gasteiger partial charge on any atom is -0.394 e. The molecule has 0 spiro atoms. The van der Waals surface area contributed by atoms with Crippen molar-refractivity contribution in [3.8, 4) is 0 Å². The van der Waals surface area contributed by atoms with Crippen LogP contribution in [0.3, 0.4) is 0 Å². The summed E-state index contributed by atoms with van der Waals surface area (Å²) >= 11 is 1.88. The molecule has 0 aliphatic heterocycles. The Morgan fingerprint density at radius 1 is 1.21 bits per heavy atom. The van der Waals surface area contributed by atoms with Crippen molar-refractivity contribution in [3.05, 3.63) is 56.4 Å². The maximum Gasteiger partial charge on any atom is 0.277 e. The summed E-state index contributed by atoms with van der Waals surface area (Å²) in [5, 5.41) is 14.6. The highest BCUT2D eigenvalue weighted by atomic mass is 127. The van der Waals surface area contributed by atoms with E-state index in [1.807, 2.05) is 28.1 Å². The molecule has 2 aromatic carbocycles. The van der Waals surface area contributed by atoms with E-state index < -0.39 is 59.3 Å². The molecular formula is C20H20F3IN4O5. The minimum absolute atomic E-state index is 0.203. The summed E-state index contributed by atoms with van der Waals surface area (Å²) in [7, 11) is 2.99. The Kier molecular flexibility index (Phi) is 9.87. The van der Waals surface area contributed by atoms with E-state index in [0.717, 1.165) is 18.3 Å². The molecule has 2 aromatic rings. The Bertz CT molecular complexity index is 1050. The molecule has 0 fully saturated rings. The van der Waals surface area contributed by atoms with Gasteiger partial charge in [0.2, 0.25) is 0 Å². The smallest absolute Gasteiger partial charge is 0.277 e. The van der Waals surface area contributed by atoms with Crippen molar-refractivity contribution < 1.29 is 37.5 Å². The van der Waals surface area contributed by atoms with Gasteiger partial charge in [-0.1, -0.05) is 5.16 Å². The third-order valence-electron chi connectivity index (χ3n) is 3.98. The maximum absolute atomic E-state index is 14.9. The average Bonchev–Trinajstić information content (AvgIpc) is 2.77. The lowest BCUT2D eigenvalue weighted by Crippen LogP contribution is -2.26. The Labute approximate surface area is 200 Å². The van der Waals surface area contributed by atoms with Gasteiger partial charge in [-0.25, -0.2) is 18.7 Å². The topological polar surface area (TPSA) is 112 Å². The molecule has 13 heteroatoms. The highest BCUT2D eigenvalue weighted by Gasteiger charge is 2.23. The first-order valence-electron chi connectivity index (χ1n) is 9.28. The van der Waals surface area contributed by atoms with Gasteiger partial charge in [0.15, 0.2) is 18.2 Å². The molecule has 0 atom stereocenters. The number of rotatable bonds is 10. The molecule has 0 aromatic heterocycles. The fourth-order valence-electron chi connectivity index (χ4n) is 2.30. The number of nitrogens with one attached hydrogen (secondary N) is 2. The number of carbonyl (C=O) groups is 2. The van der Waals surface area contributed by atoms with Gasteiger partial charge in [-0.05, 0) is 46.9 Å². The van der Waals surface area contributed by atoms with Crippen LogP contribution in [0.1, 0.15) is 15.9 Å². The van der Waals surface area contributed by atoms with Crippen LogP contribution in [0.5, 0.6) is 0 Å². The molecule has 0 unspecified atom stereocenters. The molecule has 178 valence electrons. The second-order valence-electron chi connectivity index (χ2n) is 6.56. The van der Waals surface area contributed by atoms with Crippen molar-refractivity contribution in [2.24, 2.45) is 5.16 Å². The molecule has 0 saturated heterocycles. The van der Waals surface area contributed by atoms with E-state index in [1.54, 1.807) is 0 Å². The standard InChI is InChI=1S/C20H20F3IN4O5/c1-28(2)16(30)10-33-25-9-11-7-13(20(31)27-32-6-5-29)19(18(23)17(11)22)26-15-4-3-12(24)8-14(15)21/h3-4,7-9,26,29H,5-6,10H2,1-2H3,(H,27,31)/b25-9+. The number of anilines is 2. The lowest BCUT2D eigenvalue weighted by Gasteiger charge is -2.15. The van der Waals surface area contributed by atoms with Gasteiger partial charge in [0.05, 0.1) is 36.4 Å². The number of aliphatic hydroxyl groups is 1. The number of amides is 2. The Morgan fingerprint density at radius 2 is 1.94 bits per heavy atom. The molecule has 0 heterocycles. The fraction of sp³-hybridized carbons (Fsp3) is 0.250. The van der Waals surface area contributed by atoms with E-state index in [0.29, 0.717) is 3.57 Å². The van der Waals surface area contributed by atoms with Crippen LogP contribution in [-0.2, 0) is 14.5 Å². The number of oxime groups is 1. The summed E-state index contributed by atoms with van der Waals surface area (Å²) in [6, 6.07) is 4.92. The first kappa shape index (κ1) is 26.3. The van der Waals surface area contributed by atoms with Crippen LogP contribution in [-0.4, -0.2) is 62.0 Å². The van der Waals surface area contributed by atoms with Gasteiger partial charge in [0, 0.05) is 23.2 Å². The minimum atomic E-state index is -1.49. The van der Waals surface area contributed by atoms with E-state index in [2.05, 4.69) is 10.5 Å². The zero-order valence-electron chi connectivity index (χ0n) is 17.5. The van der Waals surface area contributed by atoms with E-state index in [4.69, 9.17) is 14.8 Å². The molecule has 2 rings (SSSR count). The van der Waals surface area contributed by atoms with Crippen LogP contribution in [0.25, 0.3) is 0 Å². The molecule has 2 amide bonds. The lowest BCUT2D eigenvalue weighted by molar-refractivity contribution is -0.133. The molecule has 0 bridgehead atoms. The van der Waals surface area contributed by atoms with Crippen molar-refractivity contribution in [2.75, 3.05) is 39.2 Å². The average molecular weight is 580 g/mol. The third-order valence-corrected chi connectivity index (χ3v) is 4.65. The SMILES string of the molecule is CN(C)C(=O)CO/N=C/c1cc(C(=O)NOCCO)c(Nc2ccc(I)cc2F)c(F)c1F. The summed E-state index contributed by atoms with van der Waals surface area (Å²) in [6.07, 6.45) is 0.780. The summed E-state index contributed by atoms with van der Waals surface area (Å²) in [4.78, 5) is 34.7. The van der Waals surface area contributed by atoms with Crippen LogP contribution in [0.15, 0.2) is 29.4 Å². The molecule has 9 nitrogen and oxygen atoms in total. The van der Waals surface area contributed by atoms with Crippen LogP contribution in [0.4, 0.5) is 24.5 Å². The second kappa shape index (κ2) is 12.4. The molecule has 0 aliphatic carbocycles. The molecule has 33 heavy (non-hydrogen) atoms. The molecule has 3 N–H and O–H groups in total. The predicted molar refractivity (Wildman–Crippen MR) is 122 cm³/mol. The van der Waals surface area contributed by atoms with Gasteiger partial charge in [-0.2, -0.15) is 0 Å². The number of hydroxylamine groups is 1. The van der Waals surface area contributed by atoms with Gasteiger partial charge < -0.3 is 20.2 Å². The van der Waals surface area contributed by atoms with E-state index in [9.17, 15) is 22.8 Å². The number of benzene rings is 2. The first-order chi connectivity index (χ1) is 15.6. The molecule has 0 saturated carbocycles.